The summed E-state index contributed by atoms with van der Waals surface area (Å²) in [5.74, 6) is 0. The highest BCUT2D eigenvalue weighted by Gasteiger charge is 2.20. The van der Waals surface area contributed by atoms with Crippen molar-refractivity contribution in [1.29, 1.82) is 0 Å². The van der Waals surface area contributed by atoms with Crippen molar-refractivity contribution in [3.8, 4) is 0 Å². The van der Waals surface area contributed by atoms with Crippen LogP contribution in [-0.2, 0) is 9.47 Å². The Morgan fingerprint density at radius 2 is 2.25 bits per heavy atom. The summed E-state index contributed by atoms with van der Waals surface area (Å²) in [5, 5.41) is 5.98. The first-order chi connectivity index (χ1) is 7.37. The minimum absolute atomic E-state index is 0.0312. The molecule has 5 nitrogen and oxygen atoms in total. The predicted molar refractivity (Wildman–Crippen MR) is 61.4 cm³/mol. The Hall–Kier alpha value is -0.810. The maximum absolute atomic E-state index is 11.4. The molecule has 1 rings (SSSR count). The number of hydrogen-bond donors (Lipinski definition) is 2. The molecule has 5 heteroatoms. The van der Waals surface area contributed by atoms with Crippen LogP contribution in [0.4, 0.5) is 4.79 Å². The van der Waals surface area contributed by atoms with Gasteiger partial charge >= 0.3 is 6.09 Å². The average Bonchev–Trinajstić information content (AvgIpc) is 2.14. The quantitative estimate of drug-likeness (QED) is 0.739. The van der Waals surface area contributed by atoms with Gasteiger partial charge in [-0.3, -0.25) is 0 Å². The molecule has 0 aromatic carbocycles. The lowest BCUT2D eigenvalue weighted by atomic mass is 10.2. The number of morpholine rings is 1. The lowest BCUT2D eigenvalue weighted by Gasteiger charge is -2.28. The van der Waals surface area contributed by atoms with Crippen LogP contribution in [0.5, 0.6) is 0 Å². The van der Waals surface area contributed by atoms with Gasteiger partial charge in [0.2, 0.25) is 0 Å². The van der Waals surface area contributed by atoms with E-state index >= 15 is 0 Å². The third-order valence-corrected chi connectivity index (χ3v) is 2.15. The molecule has 1 amide bonds. The predicted octanol–water partition coefficient (Wildman–Crippen LogP) is 0.888. The Labute approximate surface area is 96.9 Å². The molecule has 0 aromatic heterocycles. The summed E-state index contributed by atoms with van der Waals surface area (Å²) in [6.07, 6.45) is -0.363. The topological polar surface area (TPSA) is 59.6 Å². The van der Waals surface area contributed by atoms with Gasteiger partial charge in [-0.25, -0.2) is 4.79 Å². The molecule has 0 aromatic rings. The summed E-state index contributed by atoms with van der Waals surface area (Å²) >= 11 is 0. The molecule has 1 aliphatic heterocycles. The Kier molecular flexibility index (Phi) is 4.56. The summed E-state index contributed by atoms with van der Waals surface area (Å²) < 4.78 is 10.7. The number of nitrogens with one attached hydrogen (secondary N) is 2. The van der Waals surface area contributed by atoms with Crippen molar-refractivity contribution >= 4 is 6.09 Å². The average molecular weight is 230 g/mol. The second-order valence-electron chi connectivity index (χ2n) is 5.15. The van der Waals surface area contributed by atoms with Gasteiger partial charge in [-0.15, -0.1) is 0 Å². The number of carbonyl (C=O) groups is 1. The lowest BCUT2D eigenvalue weighted by Crippen LogP contribution is -2.49. The van der Waals surface area contributed by atoms with Crippen LogP contribution in [0.2, 0.25) is 0 Å². The van der Waals surface area contributed by atoms with Gasteiger partial charge < -0.3 is 20.1 Å². The molecule has 0 spiro atoms. The number of amides is 1. The van der Waals surface area contributed by atoms with E-state index in [4.69, 9.17) is 9.47 Å². The van der Waals surface area contributed by atoms with Gasteiger partial charge in [-0.05, 0) is 27.7 Å². The van der Waals surface area contributed by atoms with E-state index in [0.29, 0.717) is 19.2 Å². The van der Waals surface area contributed by atoms with Gasteiger partial charge in [0.05, 0.1) is 12.7 Å². The Morgan fingerprint density at radius 1 is 1.56 bits per heavy atom. The number of hydrogen-bond acceptors (Lipinski definition) is 4. The summed E-state index contributed by atoms with van der Waals surface area (Å²) in [6.45, 7) is 9.51. The van der Waals surface area contributed by atoms with Gasteiger partial charge in [0.1, 0.15) is 5.60 Å². The van der Waals surface area contributed by atoms with E-state index in [1.807, 2.05) is 20.8 Å². The Morgan fingerprint density at radius 3 is 2.75 bits per heavy atom. The van der Waals surface area contributed by atoms with E-state index < -0.39 is 11.7 Å². The van der Waals surface area contributed by atoms with Crippen molar-refractivity contribution in [3.63, 3.8) is 0 Å². The van der Waals surface area contributed by atoms with Crippen LogP contribution in [0.25, 0.3) is 0 Å². The van der Waals surface area contributed by atoms with Crippen molar-refractivity contribution in [2.24, 2.45) is 0 Å². The normalized spacial score (nSPS) is 26.2. The highest BCUT2D eigenvalue weighted by Crippen LogP contribution is 2.06. The van der Waals surface area contributed by atoms with Crippen LogP contribution < -0.4 is 10.6 Å². The molecule has 16 heavy (non-hydrogen) atoms. The highest BCUT2D eigenvalue weighted by atomic mass is 16.6. The van der Waals surface area contributed by atoms with Crippen LogP contribution in [0, 0.1) is 0 Å². The zero-order valence-corrected chi connectivity index (χ0v) is 10.5. The van der Waals surface area contributed by atoms with Crippen molar-refractivity contribution in [1.82, 2.24) is 10.6 Å². The molecule has 0 radical (unpaired) electrons. The maximum atomic E-state index is 11.4. The smallest absolute Gasteiger partial charge is 0.407 e. The van der Waals surface area contributed by atoms with E-state index in [1.54, 1.807) is 0 Å². The molecule has 0 unspecified atom stereocenters. The van der Waals surface area contributed by atoms with Crippen LogP contribution in [0.1, 0.15) is 27.7 Å². The zero-order chi connectivity index (χ0) is 12.2. The van der Waals surface area contributed by atoms with E-state index in [2.05, 4.69) is 17.6 Å². The van der Waals surface area contributed by atoms with E-state index in [9.17, 15) is 4.79 Å². The van der Waals surface area contributed by atoms with Crippen LogP contribution in [0.15, 0.2) is 0 Å². The largest absolute Gasteiger partial charge is 0.444 e. The number of rotatable bonds is 2. The second-order valence-corrected chi connectivity index (χ2v) is 5.15. The van der Waals surface area contributed by atoms with Gasteiger partial charge in [0, 0.05) is 19.1 Å². The number of ether oxygens (including phenoxy) is 2. The maximum Gasteiger partial charge on any atom is 0.407 e. The fraction of sp³-hybridized carbons (Fsp3) is 0.909. The van der Waals surface area contributed by atoms with Gasteiger partial charge in [-0.1, -0.05) is 0 Å². The van der Waals surface area contributed by atoms with Crippen molar-refractivity contribution in [2.75, 3.05) is 19.7 Å². The molecule has 94 valence electrons. The summed E-state index contributed by atoms with van der Waals surface area (Å²) in [4.78, 5) is 11.4. The van der Waals surface area contributed by atoms with Crippen molar-refractivity contribution in [3.05, 3.63) is 0 Å². The second kappa shape index (κ2) is 5.50. The van der Waals surface area contributed by atoms with Crippen LogP contribution in [0.3, 0.4) is 0 Å². The van der Waals surface area contributed by atoms with Crippen molar-refractivity contribution < 1.29 is 14.3 Å². The van der Waals surface area contributed by atoms with E-state index in [-0.39, 0.29) is 6.10 Å². The molecular weight excluding hydrogens is 208 g/mol. The Balaban J connectivity index is 2.17. The molecule has 1 heterocycles. The molecule has 2 atom stereocenters. The van der Waals surface area contributed by atoms with Gasteiger partial charge in [0.15, 0.2) is 0 Å². The van der Waals surface area contributed by atoms with Gasteiger partial charge in [0.25, 0.3) is 0 Å². The minimum atomic E-state index is -0.454. The highest BCUT2D eigenvalue weighted by molar-refractivity contribution is 5.67. The SMILES string of the molecule is C[C@@H]1CO[C@H](CNC(=O)OC(C)(C)C)CN1. The molecule has 2 N–H and O–H groups in total. The van der Waals surface area contributed by atoms with E-state index in [1.165, 1.54) is 0 Å². The van der Waals surface area contributed by atoms with E-state index in [0.717, 1.165) is 6.54 Å². The first kappa shape index (κ1) is 13.3. The summed E-state index contributed by atoms with van der Waals surface area (Å²) in [5.41, 5.74) is -0.454. The minimum Gasteiger partial charge on any atom is -0.444 e. The molecule has 1 fully saturated rings. The molecule has 0 bridgehead atoms. The number of alkyl carbamates (subject to hydrolysis) is 1. The fourth-order valence-electron chi connectivity index (χ4n) is 1.37. The third kappa shape index (κ3) is 5.32. The summed E-state index contributed by atoms with van der Waals surface area (Å²) in [6, 6.07) is 0.387. The molecule has 0 saturated carbocycles. The number of carbonyl (C=O) groups excluding carboxylic acids is 1. The van der Waals surface area contributed by atoms with Crippen LogP contribution >= 0.6 is 0 Å². The van der Waals surface area contributed by atoms with Crippen molar-refractivity contribution in [2.45, 2.75) is 45.4 Å². The van der Waals surface area contributed by atoms with Gasteiger partial charge in [-0.2, -0.15) is 0 Å². The van der Waals surface area contributed by atoms with Crippen LogP contribution in [-0.4, -0.2) is 43.5 Å². The molecular formula is C11H22N2O3. The fourth-order valence-corrected chi connectivity index (χ4v) is 1.37. The zero-order valence-electron chi connectivity index (χ0n) is 10.5. The lowest BCUT2D eigenvalue weighted by molar-refractivity contribution is 0.00458. The molecule has 0 aliphatic carbocycles. The molecule has 1 aliphatic rings. The standard InChI is InChI=1S/C11H22N2O3/c1-8-7-15-9(5-12-8)6-13-10(14)16-11(2,3)4/h8-9,12H,5-7H2,1-4H3,(H,13,14)/t8-,9+/m1/s1. The first-order valence-electron chi connectivity index (χ1n) is 5.68. The first-order valence-corrected chi connectivity index (χ1v) is 5.68. The monoisotopic (exact) mass is 230 g/mol. The Bertz CT molecular complexity index is 230. The third-order valence-electron chi connectivity index (χ3n) is 2.15. The summed E-state index contributed by atoms with van der Waals surface area (Å²) in [7, 11) is 0. The molecule has 1 saturated heterocycles.